The van der Waals surface area contributed by atoms with Crippen LogP contribution in [0.3, 0.4) is 0 Å². The van der Waals surface area contributed by atoms with Gasteiger partial charge in [-0.2, -0.15) is 0 Å². The summed E-state index contributed by atoms with van der Waals surface area (Å²) in [5, 5.41) is 5.76. The van der Waals surface area contributed by atoms with E-state index in [9.17, 15) is 4.79 Å². The van der Waals surface area contributed by atoms with Crippen molar-refractivity contribution >= 4 is 39.2 Å². The monoisotopic (exact) mass is 390 g/mol. The average molecular weight is 391 g/mol. The lowest BCUT2D eigenvalue weighted by Crippen LogP contribution is -2.23. The Morgan fingerprint density at radius 3 is 2.62 bits per heavy atom. The first-order valence-corrected chi connectivity index (χ1v) is 8.12. The third-order valence-electron chi connectivity index (χ3n) is 3.09. The van der Waals surface area contributed by atoms with Gasteiger partial charge in [-0.3, -0.25) is 9.79 Å². The third kappa shape index (κ3) is 5.92. The number of hydrogen-bond acceptors (Lipinski definition) is 3. The molecule has 2 aromatic rings. The van der Waals surface area contributed by atoms with Gasteiger partial charge in [-0.1, -0.05) is 22.0 Å². The van der Waals surface area contributed by atoms with Crippen LogP contribution in [0, 0.1) is 0 Å². The van der Waals surface area contributed by atoms with E-state index in [1.54, 1.807) is 7.11 Å². The molecular weight excluding hydrogens is 372 g/mol. The van der Waals surface area contributed by atoms with Crippen LogP contribution in [0.4, 0.5) is 11.4 Å². The van der Waals surface area contributed by atoms with Gasteiger partial charge in [0.15, 0.2) is 5.96 Å². The van der Waals surface area contributed by atoms with E-state index < -0.39 is 0 Å². The van der Waals surface area contributed by atoms with E-state index in [-0.39, 0.29) is 18.3 Å². The SMILES string of the molecule is COc1cccc(NC(N)=NCCC(=O)Nc2ccc(Br)cc2)c1. The van der Waals surface area contributed by atoms with Gasteiger partial charge in [-0.25, -0.2) is 0 Å². The van der Waals surface area contributed by atoms with Crippen molar-refractivity contribution in [2.45, 2.75) is 6.42 Å². The Morgan fingerprint density at radius 1 is 1.17 bits per heavy atom. The number of guanidine groups is 1. The Labute approximate surface area is 149 Å². The number of amides is 1. The summed E-state index contributed by atoms with van der Waals surface area (Å²) in [5.41, 5.74) is 7.33. The van der Waals surface area contributed by atoms with Crippen LogP contribution in [0.25, 0.3) is 0 Å². The van der Waals surface area contributed by atoms with Gasteiger partial charge >= 0.3 is 0 Å². The number of anilines is 2. The van der Waals surface area contributed by atoms with Crippen LogP contribution in [-0.2, 0) is 4.79 Å². The van der Waals surface area contributed by atoms with Crippen LogP contribution in [0.2, 0.25) is 0 Å². The molecule has 0 aliphatic heterocycles. The normalized spacial score (nSPS) is 11.0. The van der Waals surface area contributed by atoms with Crippen LogP contribution in [0.15, 0.2) is 58.0 Å². The van der Waals surface area contributed by atoms with E-state index in [2.05, 4.69) is 31.6 Å². The molecule has 2 rings (SSSR count). The molecule has 0 heterocycles. The molecule has 0 radical (unpaired) electrons. The number of aliphatic imine (C=N–C) groups is 1. The van der Waals surface area contributed by atoms with E-state index in [0.717, 1.165) is 21.6 Å². The molecule has 0 fully saturated rings. The molecule has 0 aromatic heterocycles. The predicted molar refractivity (Wildman–Crippen MR) is 100 cm³/mol. The number of halogens is 1. The summed E-state index contributed by atoms with van der Waals surface area (Å²) in [6, 6.07) is 14.7. The zero-order chi connectivity index (χ0) is 17.4. The Morgan fingerprint density at radius 2 is 1.92 bits per heavy atom. The molecule has 6 nitrogen and oxygen atoms in total. The quantitative estimate of drug-likeness (QED) is 0.521. The number of carbonyl (C=O) groups is 1. The number of rotatable bonds is 6. The van der Waals surface area contributed by atoms with Crippen LogP contribution >= 0.6 is 15.9 Å². The van der Waals surface area contributed by atoms with Gasteiger partial charge in [-0.15, -0.1) is 0 Å². The fourth-order valence-corrected chi connectivity index (χ4v) is 2.19. The molecule has 2 aromatic carbocycles. The first kappa shape index (κ1) is 17.8. The smallest absolute Gasteiger partial charge is 0.226 e. The van der Waals surface area contributed by atoms with Crippen molar-refractivity contribution < 1.29 is 9.53 Å². The van der Waals surface area contributed by atoms with E-state index >= 15 is 0 Å². The molecule has 0 aliphatic rings. The molecule has 0 saturated carbocycles. The number of benzene rings is 2. The van der Waals surface area contributed by atoms with Gasteiger partial charge in [0, 0.05) is 28.3 Å². The van der Waals surface area contributed by atoms with Crippen molar-refractivity contribution in [3.05, 3.63) is 53.0 Å². The summed E-state index contributed by atoms with van der Waals surface area (Å²) in [6.45, 7) is 0.297. The number of methoxy groups -OCH3 is 1. The first-order chi connectivity index (χ1) is 11.6. The van der Waals surface area contributed by atoms with Crippen LogP contribution in [0.1, 0.15) is 6.42 Å². The molecule has 0 atom stereocenters. The molecule has 0 bridgehead atoms. The van der Waals surface area contributed by atoms with Gasteiger partial charge in [0.05, 0.1) is 13.7 Å². The highest BCUT2D eigenvalue weighted by atomic mass is 79.9. The summed E-state index contributed by atoms with van der Waals surface area (Å²) in [7, 11) is 1.60. The highest BCUT2D eigenvalue weighted by molar-refractivity contribution is 9.10. The molecule has 7 heteroatoms. The van der Waals surface area contributed by atoms with E-state index in [1.807, 2.05) is 48.5 Å². The molecule has 126 valence electrons. The fourth-order valence-electron chi connectivity index (χ4n) is 1.92. The van der Waals surface area contributed by atoms with Crippen molar-refractivity contribution in [1.82, 2.24) is 0 Å². The standard InChI is InChI=1S/C17H19BrN4O2/c1-24-15-4-2-3-14(11-15)22-17(19)20-10-9-16(23)21-13-7-5-12(18)6-8-13/h2-8,11H,9-10H2,1H3,(H,21,23)(H3,19,20,22). The summed E-state index contributed by atoms with van der Waals surface area (Å²) in [5.74, 6) is 0.858. The van der Waals surface area contributed by atoms with E-state index in [4.69, 9.17) is 10.5 Å². The Balaban J connectivity index is 1.79. The maximum Gasteiger partial charge on any atom is 0.226 e. The van der Waals surface area contributed by atoms with Crippen LogP contribution in [-0.4, -0.2) is 25.5 Å². The summed E-state index contributed by atoms with van der Waals surface area (Å²) >= 11 is 3.35. The molecular formula is C17H19BrN4O2. The zero-order valence-electron chi connectivity index (χ0n) is 13.3. The maximum absolute atomic E-state index is 11.9. The molecule has 0 spiro atoms. The first-order valence-electron chi connectivity index (χ1n) is 7.33. The molecule has 4 N–H and O–H groups in total. The van der Waals surface area contributed by atoms with Crippen LogP contribution in [0.5, 0.6) is 5.75 Å². The van der Waals surface area contributed by atoms with Gasteiger partial charge in [-0.05, 0) is 36.4 Å². The largest absolute Gasteiger partial charge is 0.497 e. The topological polar surface area (TPSA) is 88.7 Å². The summed E-state index contributed by atoms with van der Waals surface area (Å²) in [6.07, 6.45) is 0.247. The number of nitrogens with one attached hydrogen (secondary N) is 2. The van der Waals surface area contributed by atoms with E-state index in [0.29, 0.717) is 6.54 Å². The van der Waals surface area contributed by atoms with Crippen molar-refractivity contribution in [3.8, 4) is 5.75 Å². The minimum atomic E-state index is -0.116. The van der Waals surface area contributed by atoms with Crippen LogP contribution < -0.4 is 21.1 Å². The minimum Gasteiger partial charge on any atom is -0.497 e. The Bertz CT molecular complexity index is 717. The second-order valence-corrected chi connectivity index (χ2v) is 5.84. The second kappa shape index (κ2) is 8.93. The lowest BCUT2D eigenvalue weighted by Gasteiger charge is -2.07. The fraction of sp³-hybridized carbons (Fsp3) is 0.176. The lowest BCUT2D eigenvalue weighted by molar-refractivity contribution is -0.116. The van der Waals surface area contributed by atoms with E-state index in [1.165, 1.54) is 0 Å². The highest BCUT2D eigenvalue weighted by Gasteiger charge is 2.02. The summed E-state index contributed by atoms with van der Waals surface area (Å²) in [4.78, 5) is 16.0. The maximum atomic E-state index is 11.9. The van der Waals surface area contributed by atoms with Gasteiger partial charge < -0.3 is 21.1 Å². The molecule has 0 aliphatic carbocycles. The predicted octanol–water partition coefficient (Wildman–Crippen LogP) is 3.21. The summed E-state index contributed by atoms with van der Waals surface area (Å²) < 4.78 is 6.10. The second-order valence-electron chi connectivity index (χ2n) is 4.93. The number of hydrogen-bond donors (Lipinski definition) is 3. The van der Waals surface area contributed by atoms with Gasteiger partial charge in [0.1, 0.15) is 5.75 Å². The molecule has 0 saturated heterocycles. The number of nitrogens with zero attached hydrogens (tertiary/aromatic N) is 1. The van der Waals surface area contributed by atoms with Crippen molar-refractivity contribution in [2.75, 3.05) is 24.3 Å². The number of nitrogens with two attached hydrogens (primary N) is 1. The van der Waals surface area contributed by atoms with Gasteiger partial charge in [0.25, 0.3) is 0 Å². The zero-order valence-corrected chi connectivity index (χ0v) is 14.8. The molecule has 24 heavy (non-hydrogen) atoms. The third-order valence-corrected chi connectivity index (χ3v) is 3.62. The number of ether oxygens (including phenoxy) is 1. The van der Waals surface area contributed by atoms with Crippen molar-refractivity contribution in [1.29, 1.82) is 0 Å². The highest BCUT2D eigenvalue weighted by Crippen LogP contribution is 2.16. The van der Waals surface area contributed by atoms with Crippen molar-refractivity contribution in [3.63, 3.8) is 0 Å². The lowest BCUT2D eigenvalue weighted by atomic mass is 10.3. The minimum absolute atomic E-state index is 0.116. The average Bonchev–Trinajstić information content (AvgIpc) is 2.57. The molecule has 1 amide bonds. The Hall–Kier alpha value is -2.54. The van der Waals surface area contributed by atoms with Crippen molar-refractivity contribution in [2.24, 2.45) is 10.7 Å². The Kier molecular flexibility index (Phi) is 6.62. The van der Waals surface area contributed by atoms with Gasteiger partial charge in [0.2, 0.25) is 5.91 Å². The number of carbonyl (C=O) groups excluding carboxylic acids is 1. The molecule has 0 unspecified atom stereocenters.